The predicted octanol–water partition coefficient (Wildman–Crippen LogP) is 2.34. The first-order valence-corrected chi connectivity index (χ1v) is 8.62. The van der Waals surface area contributed by atoms with Crippen LogP contribution in [0.3, 0.4) is 0 Å². The molecule has 3 heterocycles. The fourth-order valence-electron chi connectivity index (χ4n) is 2.29. The van der Waals surface area contributed by atoms with Crippen molar-refractivity contribution in [1.29, 1.82) is 0 Å². The van der Waals surface area contributed by atoms with Crippen LogP contribution in [0.5, 0.6) is 0 Å². The number of hydrogen-bond acceptors (Lipinski definition) is 6. The van der Waals surface area contributed by atoms with Crippen LogP contribution in [0.25, 0.3) is 0 Å². The number of aromatic nitrogens is 1. The van der Waals surface area contributed by atoms with Crippen molar-refractivity contribution in [2.75, 3.05) is 26.2 Å². The van der Waals surface area contributed by atoms with E-state index in [9.17, 15) is 4.79 Å². The Labute approximate surface area is 143 Å². The quantitative estimate of drug-likeness (QED) is 0.909. The molecule has 2 N–H and O–H groups in total. The maximum absolute atomic E-state index is 12.5. The highest BCUT2D eigenvalue weighted by Crippen LogP contribution is 2.26. The number of nitrogens with zero attached hydrogens (tertiary/aromatic N) is 2. The molecule has 8 heteroatoms. The minimum Gasteiger partial charge on any atom is -0.369 e. The van der Waals surface area contributed by atoms with Gasteiger partial charge in [0.15, 0.2) is 0 Å². The van der Waals surface area contributed by atoms with Gasteiger partial charge in [-0.2, -0.15) is 0 Å². The monoisotopic (exact) mass is 359 g/mol. The van der Waals surface area contributed by atoms with Crippen LogP contribution in [0.2, 0.25) is 0 Å². The van der Waals surface area contributed by atoms with E-state index in [4.69, 9.17) is 10.5 Å². The van der Waals surface area contributed by atoms with E-state index in [1.807, 2.05) is 27.8 Å². The van der Waals surface area contributed by atoms with Crippen LogP contribution < -0.4 is 5.73 Å². The van der Waals surface area contributed by atoms with Gasteiger partial charge >= 0.3 is 0 Å². The van der Waals surface area contributed by atoms with E-state index in [-0.39, 0.29) is 24.4 Å². The molecule has 1 atom stereocenters. The smallest absolute Gasteiger partial charge is 0.273 e. The first-order chi connectivity index (χ1) is 10.3. The van der Waals surface area contributed by atoms with Gasteiger partial charge in [0.2, 0.25) is 0 Å². The third-order valence-corrected chi connectivity index (χ3v) is 5.22. The lowest BCUT2D eigenvalue weighted by Crippen LogP contribution is -2.42. The first kappa shape index (κ1) is 17.4. The fourth-order valence-corrected chi connectivity index (χ4v) is 3.84. The van der Waals surface area contributed by atoms with Crippen molar-refractivity contribution in [2.24, 2.45) is 5.73 Å². The molecule has 2 aromatic rings. The number of amides is 1. The van der Waals surface area contributed by atoms with Crippen LogP contribution in [0, 0.1) is 0 Å². The van der Waals surface area contributed by atoms with Gasteiger partial charge in [0, 0.05) is 23.2 Å². The van der Waals surface area contributed by atoms with Gasteiger partial charge in [-0.25, -0.2) is 4.98 Å². The summed E-state index contributed by atoms with van der Waals surface area (Å²) in [6, 6.07) is 4.05. The summed E-state index contributed by atoms with van der Waals surface area (Å²) in [4.78, 5) is 19.9. The number of ether oxygens (including phenoxy) is 1. The highest BCUT2D eigenvalue weighted by atomic mass is 35.5. The van der Waals surface area contributed by atoms with Crippen molar-refractivity contribution < 1.29 is 9.53 Å². The Kier molecular flexibility index (Phi) is 6.34. The zero-order chi connectivity index (χ0) is 14.7. The summed E-state index contributed by atoms with van der Waals surface area (Å²) in [5.74, 6) is -0.0145. The molecule has 1 aliphatic heterocycles. The Morgan fingerprint density at radius 2 is 2.36 bits per heavy atom. The third kappa shape index (κ3) is 3.85. The van der Waals surface area contributed by atoms with Gasteiger partial charge in [-0.3, -0.25) is 4.79 Å². The van der Waals surface area contributed by atoms with E-state index in [2.05, 4.69) is 4.98 Å². The van der Waals surface area contributed by atoms with E-state index >= 15 is 0 Å². The largest absolute Gasteiger partial charge is 0.369 e. The van der Waals surface area contributed by atoms with Crippen LogP contribution in [-0.2, 0) is 11.2 Å². The lowest BCUT2D eigenvalue weighted by Gasteiger charge is -2.32. The van der Waals surface area contributed by atoms with Crippen molar-refractivity contribution in [2.45, 2.75) is 12.5 Å². The lowest BCUT2D eigenvalue weighted by atomic mass is 10.2. The van der Waals surface area contributed by atoms with Crippen LogP contribution in [-0.4, -0.2) is 42.0 Å². The topological polar surface area (TPSA) is 68.5 Å². The van der Waals surface area contributed by atoms with Crippen LogP contribution in [0.1, 0.15) is 26.5 Å². The van der Waals surface area contributed by atoms with E-state index in [1.165, 1.54) is 11.3 Å². The number of hydrogen-bond donors (Lipinski definition) is 1. The predicted molar refractivity (Wildman–Crippen MR) is 91.0 cm³/mol. The number of rotatable bonds is 4. The maximum atomic E-state index is 12.5. The Balaban J connectivity index is 0.00000176. The van der Waals surface area contributed by atoms with Gasteiger partial charge in [-0.05, 0) is 18.0 Å². The molecule has 0 aliphatic carbocycles. The van der Waals surface area contributed by atoms with Crippen molar-refractivity contribution in [3.8, 4) is 0 Å². The van der Waals surface area contributed by atoms with Crippen LogP contribution in [0.4, 0.5) is 0 Å². The molecule has 5 nitrogen and oxygen atoms in total. The summed E-state index contributed by atoms with van der Waals surface area (Å²) in [6.45, 7) is 2.32. The second kappa shape index (κ2) is 8.03. The van der Waals surface area contributed by atoms with Gasteiger partial charge in [0.1, 0.15) is 11.8 Å². The molecule has 1 unspecified atom stereocenters. The van der Waals surface area contributed by atoms with Gasteiger partial charge < -0.3 is 15.4 Å². The Morgan fingerprint density at radius 3 is 3.09 bits per heavy atom. The third-order valence-electron chi connectivity index (χ3n) is 3.34. The molecule has 1 aliphatic rings. The number of carbonyl (C=O) groups excluding carboxylic acids is 1. The standard InChI is InChI=1S/C14H17N3O2S2.ClH/c15-4-3-13-16-10(9-21-13)14(18)17-5-6-19-11(8-17)12-2-1-7-20-12;/h1-2,7,9,11H,3-6,8,15H2;1H. The highest BCUT2D eigenvalue weighted by molar-refractivity contribution is 7.10. The molecular weight excluding hydrogens is 342 g/mol. The fraction of sp³-hybridized carbons (Fsp3) is 0.429. The average molecular weight is 360 g/mol. The second-order valence-corrected chi connectivity index (χ2v) is 6.71. The van der Waals surface area contributed by atoms with E-state index < -0.39 is 0 Å². The molecule has 1 saturated heterocycles. The van der Waals surface area contributed by atoms with Crippen molar-refractivity contribution in [1.82, 2.24) is 9.88 Å². The number of morpholine rings is 1. The molecule has 0 bridgehead atoms. The lowest BCUT2D eigenvalue weighted by molar-refractivity contribution is -0.0213. The molecular formula is C14H18ClN3O2S2. The normalized spacial score (nSPS) is 18.0. The van der Waals surface area contributed by atoms with E-state index in [1.54, 1.807) is 11.3 Å². The Hall–Kier alpha value is -0.990. The Bertz CT molecular complexity index is 603. The summed E-state index contributed by atoms with van der Waals surface area (Å²) >= 11 is 3.16. The molecule has 0 spiro atoms. The SMILES string of the molecule is Cl.NCCc1nc(C(=O)N2CCOC(c3cccs3)C2)cs1. The van der Waals surface area contributed by atoms with Crippen molar-refractivity contribution in [3.05, 3.63) is 38.5 Å². The number of thiophene rings is 1. The molecule has 22 heavy (non-hydrogen) atoms. The van der Waals surface area contributed by atoms with Gasteiger partial charge in [0.05, 0.1) is 18.2 Å². The number of carbonyl (C=O) groups is 1. The van der Waals surface area contributed by atoms with Crippen molar-refractivity contribution in [3.63, 3.8) is 0 Å². The second-order valence-electron chi connectivity index (χ2n) is 4.79. The summed E-state index contributed by atoms with van der Waals surface area (Å²) in [6.07, 6.45) is 0.698. The molecule has 0 radical (unpaired) electrons. The van der Waals surface area contributed by atoms with Gasteiger partial charge in [0.25, 0.3) is 5.91 Å². The van der Waals surface area contributed by atoms with Crippen LogP contribution in [0.15, 0.2) is 22.9 Å². The molecule has 1 amide bonds. The van der Waals surface area contributed by atoms with Crippen molar-refractivity contribution >= 4 is 41.0 Å². The van der Waals surface area contributed by atoms with Crippen LogP contribution >= 0.6 is 35.1 Å². The zero-order valence-electron chi connectivity index (χ0n) is 11.9. The molecule has 120 valence electrons. The summed E-state index contributed by atoms with van der Waals surface area (Å²) in [5.41, 5.74) is 6.04. The molecule has 0 saturated carbocycles. The number of thiazole rings is 1. The molecule has 1 fully saturated rings. The van der Waals surface area contributed by atoms with E-state index in [0.717, 1.165) is 16.3 Å². The number of halogens is 1. The molecule has 3 rings (SSSR count). The van der Waals surface area contributed by atoms with E-state index in [0.29, 0.717) is 31.9 Å². The molecule has 0 aromatic carbocycles. The summed E-state index contributed by atoms with van der Waals surface area (Å²) in [5, 5.41) is 4.77. The van der Waals surface area contributed by atoms with Gasteiger partial charge in [-0.15, -0.1) is 35.1 Å². The minimum atomic E-state index is -0.0233. The minimum absolute atomic E-state index is 0. The highest BCUT2D eigenvalue weighted by Gasteiger charge is 2.27. The maximum Gasteiger partial charge on any atom is 0.273 e. The average Bonchev–Trinajstić information content (AvgIpc) is 3.18. The summed E-state index contributed by atoms with van der Waals surface area (Å²) in [7, 11) is 0. The summed E-state index contributed by atoms with van der Waals surface area (Å²) < 4.78 is 5.76. The number of nitrogens with two attached hydrogens (primary N) is 1. The van der Waals surface area contributed by atoms with Gasteiger partial charge in [-0.1, -0.05) is 6.07 Å². The zero-order valence-corrected chi connectivity index (χ0v) is 14.4. The molecule has 2 aromatic heterocycles. The first-order valence-electron chi connectivity index (χ1n) is 6.86. The Morgan fingerprint density at radius 1 is 1.50 bits per heavy atom.